The molecular weight excluding hydrogens is 471 g/mol. The fourth-order valence-electron chi connectivity index (χ4n) is 3.09. The van der Waals surface area contributed by atoms with Crippen LogP contribution >= 0.6 is 23.2 Å². The third-order valence-electron chi connectivity index (χ3n) is 4.63. The van der Waals surface area contributed by atoms with Gasteiger partial charge in [0.1, 0.15) is 17.5 Å². The first kappa shape index (κ1) is 23.9. The van der Waals surface area contributed by atoms with Crippen molar-refractivity contribution in [2.75, 3.05) is 10.6 Å². The molecule has 0 saturated heterocycles. The number of para-hydroxylation sites is 1. The predicted octanol–water partition coefficient (Wildman–Crippen LogP) is 5.26. The molecule has 0 aromatic heterocycles. The topological polar surface area (TPSA) is 75.7 Å². The monoisotopic (exact) mass is 492 g/mol. The summed E-state index contributed by atoms with van der Waals surface area (Å²) in [5.74, 6) is 0.739. The summed E-state index contributed by atoms with van der Waals surface area (Å²) in [5, 5.41) is 3.63. The summed E-state index contributed by atoms with van der Waals surface area (Å²) in [6.45, 7) is 1.66. The molecule has 0 aliphatic carbocycles. The summed E-state index contributed by atoms with van der Waals surface area (Å²) < 4.78 is 31.8. The van der Waals surface area contributed by atoms with Crippen molar-refractivity contribution in [2.24, 2.45) is 0 Å². The number of carbonyl (C=O) groups excluding carboxylic acids is 1. The van der Waals surface area contributed by atoms with Crippen molar-refractivity contribution >= 4 is 44.8 Å². The molecule has 32 heavy (non-hydrogen) atoms. The van der Waals surface area contributed by atoms with Crippen molar-refractivity contribution in [3.63, 3.8) is 0 Å². The van der Waals surface area contributed by atoms with Gasteiger partial charge in [0.25, 0.3) is 0 Å². The van der Waals surface area contributed by atoms with Crippen LogP contribution in [0.2, 0.25) is 10.0 Å². The summed E-state index contributed by atoms with van der Waals surface area (Å²) in [6.07, 6.45) is 1.06. The van der Waals surface area contributed by atoms with E-state index in [9.17, 15) is 13.2 Å². The highest BCUT2D eigenvalue weighted by Gasteiger charge is 2.29. The second-order valence-electron chi connectivity index (χ2n) is 7.10. The fraction of sp³-hybridized carbons (Fsp3) is 0.174. The SMILES string of the molecule is C[C@@H](C(=O)NCc1ccc(Cl)cc1Cl)N(c1ccc(Oc2ccccc2)cc1)S(C)(=O)=O. The van der Waals surface area contributed by atoms with E-state index in [1.54, 1.807) is 42.5 Å². The molecule has 3 rings (SSSR count). The first-order chi connectivity index (χ1) is 15.1. The minimum Gasteiger partial charge on any atom is -0.457 e. The molecule has 0 fully saturated rings. The Morgan fingerprint density at radius 3 is 2.22 bits per heavy atom. The minimum absolute atomic E-state index is 0.140. The van der Waals surface area contributed by atoms with E-state index in [0.717, 1.165) is 10.6 Å². The lowest BCUT2D eigenvalue weighted by molar-refractivity contribution is -0.122. The van der Waals surface area contributed by atoms with Gasteiger partial charge in [0.15, 0.2) is 0 Å². The number of nitrogens with zero attached hydrogens (tertiary/aromatic N) is 1. The zero-order valence-corrected chi connectivity index (χ0v) is 19.8. The highest BCUT2D eigenvalue weighted by Crippen LogP contribution is 2.27. The normalized spacial score (nSPS) is 12.1. The van der Waals surface area contributed by atoms with Crippen LogP contribution in [-0.4, -0.2) is 26.6 Å². The molecule has 0 aliphatic rings. The van der Waals surface area contributed by atoms with Gasteiger partial charge in [-0.1, -0.05) is 47.5 Å². The first-order valence-electron chi connectivity index (χ1n) is 9.69. The van der Waals surface area contributed by atoms with Crippen LogP contribution in [0.3, 0.4) is 0 Å². The van der Waals surface area contributed by atoms with Crippen LogP contribution < -0.4 is 14.4 Å². The second-order valence-corrected chi connectivity index (χ2v) is 9.80. The van der Waals surface area contributed by atoms with Gasteiger partial charge in [0.05, 0.1) is 11.9 Å². The Balaban J connectivity index is 1.74. The Morgan fingerprint density at radius 2 is 1.62 bits per heavy atom. The predicted molar refractivity (Wildman–Crippen MR) is 128 cm³/mol. The van der Waals surface area contributed by atoms with Crippen molar-refractivity contribution in [3.8, 4) is 11.5 Å². The largest absolute Gasteiger partial charge is 0.457 e. The lowest BCUT2D eigenvalue weighted by atomic mass is 10.2. The van der Waals surface area contributed by atoms with Crippen molar-refractivity contribution in [1.82, 2.24) is 5.32 Å². The molecule has 1 atom stereocenters. The number of hydrogen-bond acceptors (Lipinski definition) is 4. The number of carbonyl (C=O) groups is 1. The third-order valence-corrected chi connectivity index (χ3v) is 6.46. The maximum atomic E-state index is 12.8. The molecule has 3 aromatic carbocycles. The molecule has 3 aromatic rings. The van der Waals surface area contributed by atoms with Crippen LogP contribution in [0.5, 0.6) is 11.5 Å². The Labute approximate surface area is 197 Å². The molecule has 6 nitrogen and oxygen atoms in total. The van der Waals surface area contributed by atoms with Crippen LogP contribution in [0, 0.1) is 0 Å². The molecule has 0 heterocycles. The van der Waals surface area contributed by atoms with Crippen molar-refractivity contribution in [1.29, 1.82) is 0 Å². The number of amides is 1. The van der Waals surface area contributed by atoms with E-state index in [-0.39, 0.29) is 6.54 Å². The average molecular weight is 493 g/mol. The summed E-state index contributed by atoms with van der Waals surface area (Å²) in [5.41, 5.74) is 1.02. The average Bonchev–Trinajstić information content (AvgIpc) is 2.74. The Bertz CT molecular complexity index is 1190. The number of benzene rings is 3. The zero-order valence-electron chi connectivity index (χ0n) is 17.5. The number of hydrogen-bond donors (Lipinski definition) is 1. The number of nitrogens with one attached hydrogen (secondary N) is 1. The van der Waals surface area contributed by atoms with Crippen LogP contribution in [0.15, 0.2) is 72.8 Å². The number of halogens is 2. The fourth-order valence-corrected chi connectivity index (χ4v) is 4.74. The van der Waals surface area contributed by atoms with Gasteiger partial charge in [-0.3, -0.25) is 9.10 Å². The maximum Gasteiger partial charge on any atom is 0.243 e. The molecule has 1 N–H and O–H groups in total. The molecule has 0 unspecified atom stereocenters. The molecule has 0 spiro atoms. The van der Waals surface area contributed by atoms with E-state index in [4.69, 9.17) is 27.9 Å². The summed E-state index contributed by atoms with van der Waals surface area (Å²) in [7, 11) is -3.74. The van der Waals surface area contributed by atoms with Gasteiger partial charge in [-0.25, -0.2) is 8.42 Å². The highest BCUT2D eigenvalue weighted by molar-refractivity contribution is 7.92. The number of sulfonamides is 1. The summed E-state index contributed by atoms with van der Waals surface area (Å²) in [6, 6.07) is 19.7. The quantitative estimate of drug-likeness (QED) is 0.465. The lowest BCUT2D eigenvalue weighted by Gasteiger charge is -2.28. The van der Waals surface area contributed by atoms with E-state index in [1.165, 1.54) is 6.92 Å². The molecular formula is C23H22Cl2N2O4S. The van der Waals surface area contributed by atoms with Crippen molar-refractivity contribution < 1.29 is 17.9 Å². The smallest absolute Gasteiger partial charge is 0.243 e. The maximum absolute atomic E-state index is 12.8. The molecule has 0 saturated carbocycles. The molecule has 0 bridgehead atoms. The number of rotatable bonds is 8. The van der Waals surface area contributed by atoms with E-state index in [0.29, 0.717) is 32.8 Å². The zero-order chi connectivity index (χ0) is 23.3. The lowest BCUT2D eigenvalue weighted by Crippen LogP contribution is -2.47. The van der Waals surface area contributed by atoms with Crippen molar-refractivity contribution in [3.05, 3.63) is 88.4 Å². The Kier molecular flexibility index (Phi) is 7.66. The van der Waals surface area contributed by atoms with Crippen LogP contribution in [0.25, 0.3) is 0 Å². The van der Waals surface area contributed by atoms with E-state index in [2.05, 4.69) is 5.32 Å². The molecule has 0 radical (unpaired) electrons. The molecule has 1 amide bonds. The van der Waals surface area contributed by atoms with Gasteiger partial charge in [0, 0.05) is 16.6 Å². The van der Waals surface area contributed by atoms with Gasteiger partial charge in [0.2, 0.25) is 15.9 Å². The van der Waals surface area contributed by atoms with E-state index < -0.39 is 22.0 Å². The van der Waals surface area contributed by atoms with Gasteiger partial charge in [-0.15, -0.1) is 0 Å². The van der Waals surface area contributed by atoms with Crippen molar-refractivity contribution in [2.45, 2.75) is 19.5 Å². The van der Waals surface area contributed by atoms with E-state index in [1.807, 2.05) is 30.3 Å². The van der Waals surface area contributed by atoms with Crippen LogP contribution in [0.4, 0.5) is 5.69 Å². The summed E-state index contributed by atoms with van der Waals surface area (Å²) >= 11 is 12.0. The molecule has 168 valence electrons. The van der Waals surface area contributed by atoms with Gasteiger partial charge < -0.3 is 10.1 Å². The minimum atomic E-state index is -3.74. The summed E-state index contributed by atoms with van der Waals surface area (Å²) in [4.78, 5) is 12.8. The van der Waals surface area contributed by atoms with Gasteiger partial charge in [-0.05, 0) is 61.0 Å². The highest BCUT2D eigenvalue weighted by atomic mass is 35.5. The second kappa shape index (κ2) is 10.3. The molecule has 9 heteroatoms. The van der Waals surface area contributed by atoms with Gasteiger partial charge >= 0.3 is 0 Å². The third kappa shape index (κ3) is 6.16. The number of anilines is 1. The van der Waals surface area contributed by atoms with E-state index >= 15 is 0 Å². The Morgan fingerprint density at radius 1 is 1.00 bits per heavy atom. The standard InChI is InChI=1S/C23H22Cl2N2O4S/c1-16(23(28)26-15-17-8-9-18(24)14-22(17)25)27(32(2,29)30)19-10-12-21(13-11-19)31-20-6-4-3-5-7-20/h3-14,16H,15H2,1-2H3,(H,26,28)/t16-/m0/s1. The van der Waals surface area contributed by atoms with Crippen LogP contribution in [0.1, 0.15) is 12.5 Å². The van der Waals surface area contributed by atoms with Crippen LogP contribution in [-0.2, 0) is 21.4 Å². The Hall–Kier alpha value is -2.74. The molecule has 0 aliphatic heterocycles. The van der Waals surface area contributed by atoms with Gasteiger partial charge in [-0.2, -0.15) is 0 Å². The first-order valence-corrected chi connectivity index (χ1v) is 12.3. The number of ether oxygens (including phenoxy) is 1.